The SMILES string of the molecule is O=C(O)c1cccc(OCc2nnnn2C2CC2)c1. The molecule has 0 amide bonds. The molecule has 1 aromatic carbocycles. The van der Waals surface area contributed by atoms with E-state index < -0.39 is 5.97 Å². The highest BCUT2D eigenvalue weighted by molar-refractivity contribution is 5.87. The second kappa shape index (κ2) is 4.68. The number of tetrazole rings is 1. The van der Waals surface area contributed by atoms with E-state index >= 15 is 0 Å². The molecular formula is C12H12N4O3. The molecule has 1 heterocycles. The predicted octanol–water partition coefficient (Wildman–Crippen LogP) is 1.29. The smallest absolute Gasteiger partial charge is 0.335 e. The third kappa shape index (κ3) is 2.54. The van der Waals surface area contributed by atoms with Crippen LogP contribution >= 0.6 is 0 Å². The molecule has 1 fully saturated rings. The summed E-state index contributed by atoms with van der Waals surface area (Å²) in [7, 11) is 0. The van der Waals surface area contributed by atoms with E-state index in [-0.39, 0.29) is 12.2 Å². The van der Waals surface area contributed by atoms with Crippen LogP contribution in [-0.4, -0.2) is 31.3 Å². The Morgan fingerprint density at radius 1 is 1.47 bits per heavy atom. The van der Waals surface area contributed by atoms with E-state index in [1.807, 2.05) is 0 Å². The Kier molecular flexibility index (Phi) is 2.86. The molecule has 7 nitrogen and oxygen atoms in total. The lowest BCUT2D eigenvalue weighted by molar-refractivity contribution is 0.0696. The van der Waals surface area contributed by atoms with E-state index in [0.717, 1.165) is 12.8 Å². The minimum Gasteiger partial charge on any atom is -0.486 e. The van der Waals surface area contributed by atoms with Crippen LogP contribution in [0, 0.1) is 0 Å². The highest BCUT2D eigenvalue weighted by atomic mass is 16.5. The number of aromatic nitrogens is 4. The van der Waals surface area contributed by atoms with Gasteiger partial charge in [0.05, 0.1) is 11.6 Å². The fourth-order valence-corrected chi connectivity index (χ4v) is 1.78. The molecule has 1 aromatic heterocycles. The van der Waals surface area contributed by atoms with Crippen molar-refractivity contribution in [2.24, 2.45) is 0 Å². The number of rotatable bonds is 5. The van der Waals surface area contributed by atoms with Crippen molar-refractivity contribution in [3.8, 4) is 5.75 Å². The Balaban J connectivity index is 1.70. The molecule has 19 heavy (non-hydrogen) atoms. The topological polar surface area (TPSA) is 90.1 Å². The fraction of sp³-hybridized carbons (Fsp3) is 0.333. The zero-order chi connectivity index (χ0) is 13.2. The van der Waals surface area contributed by atoms with Crippen LogP contribution in [0.5, 0.6) is 5.75 Å². The van der Waals surface area contributed by atoms with Gasteiger partial charge in [0, 0.05) is 0 Å². The number of carboxylic acids is 1. The first-order valence-electron chi connectivity index (χ1n) is 5.97. The van der Waals surface area contributed by atoms with Crippen molar-refractivity contribution < 1.29 is 14.6 Å². The van der Waals surface area contributed by atoms with E-state index in [0.29, 0.717) is 17.6 Å². The van der Waals surface area contributed by atoms with Crippen LogP contribution < -0.4 is 4.74 Å². The first kappa shape index (κ1) is 11.6. The Bertz CT molecular complexity index is 607. The number of carbonyl (C=O) groups is 1. The highest BCUT2D eigenvalue weighted by Gasteiger charge is 2.27. The maximum absolute atomic E-state index is 10.8. The van der Waals surface area contributed by atoms with Crippen LogP contribution in [-0.2, 0) is 6.61 Å². The normalized spacial score (nSPS) is 14.3. The van der Waals surface area contributed by atoms with Crippen LogP contribution in [0.15, 0.2) is 24.3 Å². The van der Waals surface area contributed by atoms with Crippen molar-refractivity contribution in [3.05, 3.63) is 35.7 Å². The molecule has 1 N–H and O–H groups in total. The van der Waals surface area contributed by atoms with Gasteiger partial charge in [-0.05, 0) is 41.5 Å². The summed E-state index contributed by atoms with van der Waals surface area (Å²) in [6.07, 6.45) is 2.18. The number of hydrogen-bond acceptors (Lipinski definition) is 5. The van der Waals surface area contributed by atoms with Crippen molar-refractivity contribution in [1.82, 2.24) is 20.2 Å². The van der Waals surface area contributed by atoms with Crippen LogP contribution in [0.4, 0.5) is 0 Å². The van der Waals surface area contributed by atoms with Gasteiger partial charge >= 0.3 is 5.97 Å². The minimum atomic E-state index is -0.978. The maximum atomic E-state index is 10.8. The van der Waals surface area contributed by atoms with Crippen molar-refractivity contribution in [2.75, 3.05) is 0 Å². The third-order valence-corrected chi connectivity index (χ3v) is 2.90. The molecule has 3 rings (SSSR count). The van der Waals surface area contributed by atoms with E-state index in [1.165, 1.54) is 12.1 Å². The standard InChI is InChI=1S/C12H12N4O3/c17-12(18)8-2-1-3-10(6-8)19-7-11-13-14-15-16(11)9-4-5-9/h1-3,6,9H,4-5,7H2,(H,17,18). The van der Waals surface area contributed by atoms with Crippen molar-refractivity contribution in [3.63, 3.8) is 0 Å². The molecular weight excluding hydrogens is 248 g/mol. The van der Waals surface area contributed by atoms with Crippen molar-refractivity contribution >= 4 is 5.97 Å². The van der Waals surface area contributed by atoms with Crippen LogP contribution in [0.2, 0.25) is 0 Å². The third-order valence-electron chi connectivity index (χ3n) is 2.90. The maximum Gasteiger partial charge on any atom is 0.335 e. The summed E-state index contributed by atoms with van der Waals surface area (Å²) in [5.41, 5.74) is 0.194. The lowest BCUT2D eigenvalue weighted by Gasteiger charge is -2.06. The Labute approximate surface area is 108 Å². The number of hydrogen-bond donors (Lipinski definition) is 1. The first-order chi connectivity index (χ1) is 9.24. The molecule has 1 aliphatic rings. The van der Waals surface area contributed by atoms with Gasteiger partial charge in [-0.2, -0.15) is 0 Å². The Hall–Kier alpha value is -2.44. The highest BCUT2D eigenvalue weighted by Crippen LogP contribution is 2.34. The summed E-state index contributed by atoms with van der Waals surface area (Å²) in [5.74, 6) is 0.168. The molecule has 0 atom stereocenters. The van der Waals surface area contributed by atoms with E-state index in [2.05, 4.69) is 15.5 Å². The Morgan fingerprint density at radius 3 is 3.05 bits per heavy atom. The molecule has 7 heteroatoms. The predicted molar refractivity (Wildman–Crippen MR) is 63.8 cm³/mol. The second-order valence-electron chi connectivity index (χ2n) is 4.39. The number of benzene rings is 1. The van der Waals surface area contributed by atoms with Gasteiger partial charge in [-0.3, -0.25) is 0 Å². The summed E-state index contributed by atoms with van der Waals surface area (Å²) in [6, 6.07) is 6.73. The number of aromatic carboxylic acids is 1. The molecule has 0 saturated heterocycles. The average Bonchev–Trinajstić information content (AvgIpc) is 3.16. The van der Waals surface area contributed by atoms with Gasteiger partial charge < -0.3 is 9.84 Å². The van der Waals surface area contributed by atoms with Crippen LogP contribution in [0.25, 0.3) is 0 Å². The van der Waals surface area contributed by atoms with Gasteiger partial charge in [-0.1, -0.05) is 6.07 Å². The van der Waals surface area contributed by atoms with Crippen LogP contribution in [0.1, 0.15) is 35.1 Å². The zero-order valence-electron chi connectivity index (χ0n) is 10.1. The second-order valence-corrected chi connectivity index (χ2v) is 4.39. The van der Waals surface area contributed by atoms with Gasteiger partial charge in [0.25, 0.3) is 0 Å². The lowest BCUT2D eigenvalue weighted by atomic mass is 10.2. The lowest BCUT2D eigenvalue weighted by Crippen LogP contribution is -2.07. The van der Waals surface area contributed by atoms with Gasteiger partial charge in [-0.15, -0.1) is 5.10 Å². The molecule has 0 bridgehead atoms. The molecule has 0 radical (unpaired) electrons. The largest absolute Gasteiger partial charge is 0.486 e. The fourth-order valence-electron chi connectivity index (χ4n) is 1.78. The van der Waals surface area contributed by atoms with Crippen molar-refractivity contribution in [1.29, 1.82) is 0 Å². The molecule has 0 aliphatic heterocycles. The molecule has 2 aromatic rings. The summed E-state index contributed by atoms with van der Waals surface area (Å²) in [5, 5.41) is 20.4. The van der Waals surface area contributed by atoms with Crippen molar-refractivity contribution in [2.45, 2.75) is 25.5 Å². The summed E-state index contributed by atoms with van der Waals surface area (Å²) in [6.45, 7) is 0.229. The summed E-state index contributed by atoms with van der Waals surface area (Å²) < 4.78 is 7.30. The number of carboxylic acid groups (broad SMARTS) is 1. The Morgan fingerprint density at radius 2 is 2.32 bits per heavy atom. The van der Waals surface area contributed by atoms with E-state index in [4.69, 9.17) is 9.84 Å². The van der Waals surface area contributed by atoms with Gasteiger partial charge in [-0.25, -0.2) is 9.48 Å². The summed E-state index contributed by atoms with van der Waals surface area (Å²) in [4.78, 5) is 10.8. The molecule has 98 valence electrons. The first-order valence-corrected chi connectivity index (χ1v) is 5.97. The van der Waals surface area contributed by atoms with Gasteiger partial charge in [0.2, 0.25) is 0 Å². The molecule has 0 unspecified atom stereocenters. The monoisotopic (exact) mass is 260 g/mol. The quantitative estimate of drug-likeness (QED) is 0.871. The molecule has 0 spiro atoms. The van der Waals surface area contributed by atoms with Crippen LogP contribution in [0.3, 0.4) is 0 Å². The van der Waals surface area contributed by atoms with Gasteiger partial charge in [0.15, 0.2) is 5.82 Å². The molecule has 1 saturated carbocycles. The minimum absolute atomic E-state index is 0.194. The van der Waals surface area contributed by atoms with E-state index in [1.54, 1.807) is 16.8 Å². The number of ether oxygens (including phenoxy) is 1. The zero-order valence-corrected chi connectivity index (χ0v) is 10.1. The number of nitrogens with zero attached hydrogens (tertiary/aromatic N) is 4. The van der Waals surface area contributed by atoms with Gasteiger partial charge in [0.1, 0.15) is 12.4 Å². The molecule has 1 aliphatic carbocycles. The average molecular weight is 260 g/mol. The van der Waals surface area contributed by atoms with E-state index in [9.17, 15) is 4.79 Å². The summed E-state index contributed by atoms with van der Waals surface area (Å²) >= 11 is 0.